The molecule has 0 heterocycles. The molecule has 0 aliphatic rings. The Bertz CT molecular complexity index is 617. The standard InChI is InChI=1S/C15H20O4S/c1-11-6-8-13(9-7-11)20(17,18)12(2)10-14(16)19-15(3,4)5/h6-10H,1-5H3. The quantitative estimate of drug-likeness (QED) is 0.635. The molecule has 1 aromatic rings. The Morgan fingerprint density at radius 2 is 1.65 bits per heavy atom. The van der Waals surface area contributed by atoms with Crippen LogP contribution in [0.1, 0.15) is 33.3 Å². The molecule has 5 heteroatoms. The highest BCUT2D eigenvalue weighted by molar-refractivity contribution is 7.95. The van der Waals surface area contributed by atoms with Crippen LogP contribution in [-0.2, 0) is 19.4 Å². The third-order valence-corrected chi connectivity index (χ3v) is 4.34. The number of sulfone groups is 1. The zero-order valence-corrected chi connectivity index (χ0v) is 13.2. The molecule has 1 aromatic carbocycles. The Hall–Kier alpha value is -1.62. The van der Waals surface area contributed by atoms with E-state index in [1.165, 1.54) is 19.1 Å². The number of allylic oxidation sites excluding steroid dienone is 1. The first-order valence-electron chi connectivity index (χ1n) is 6.25. The van der Waals surface area contributed by atoms with Crippen molar-refractivity contribution in [2.24, 2.45) is 0 Å². The molecule has 0 radical (unpaired) electrons. The van der Waals surface area contributed by atoms with Gasteiger partial charge in [0.05, 0.1) is 9.80 Å². The molecular weight excluding hydrogens is 276 g/mol. The maximum absolute atomic E-state index is 12.3. The summed E-state index contributed by atoms with van der Waals surface area (Å²) in [5.74, 6) is -0.661. The molecule has 0 aliphatic carbocycles. The highest BCUT2D eigenvalue weighted by Crippen LogP contribution is 2.20. The van der Waals surface area contributed by atoms with Crippen molar-refractivity contribution in [3.8, 4) is 0 Å². The summed E-state index contributed by atoms with van der Waals surface area (Å²) in [6.07, 6.45) is 1.01. The van der Waals surface area contributed by atoms with Gasteiger partial charge in [-0.25, -0.2) is 13.2 Å². The zero-order valence-electron chi connectivity index (χ0n) is 12.4. The third-order valence-electron chi connectivity index (χ3n) is 2.48. The van der Waals surface area contributed by atoms with Crippen LogP contribution in [0.15, 0.2) is 40.1 Å². The fourth-order valence-electron chi connectivity index (χ4n) is 1.48. The highest BCUT2D eigenvalue weighted by atomic mass is 32.2. The molecule has 0 aliphatic heterocycles. The van der Waals surface area contributed by atoms with Crippen LogP contribution < -0.4 is 0 Å². The number of hydrogen-bond donors (Lipinski definition) is 0. The molecule has 1 rings (SSSR count). The molecule has 0 N–H and O–H groups in total. The minimum atomic E-state index is -3.65. The summed E-state index contributed by atoms with van der Waals surface area (Å²) in [6, 6.07) is 6.48. The first kappa shape index (κ1) is 16.4. The summed E-state index contributed by atoms with van der Waals surface area (Å²) >= 11 is 0. The Balaban J connectivity index is 3.03. The van der Waals surface area contributed by atoms with Crippen LogP contribution in [-0.4, -0.2) is 20.0 Å². The molecule has 0 bridgehead atoms. The maximum Gasteiger partial charge on any atom is 0.332 e. The van der Waals surface area contributed by atoms with Crippen molar-refractivity contribution in [2.45, 2.75) is 45.1 Å². The number of aryl methyl sites for hydroxylation is 1. The fraction of sp³-hybridized carbons (Fsp3) is 0.400. The van der Waals surface area contributed by atoms with Gasteiger partial charge in [-0.1, -0.05) is 17.7 Å². The van der Waals surface area contributed by atoms with Gasteiger partial charge in [-0.05, 0) is 46.8 Å². The van der Waals surface area contributed by atoms with Gasteiger partial charge in [-0.3, -0.25) is 0 Å². The number of carbonyl (C=O) groups excluding carboxylic acids is 1. The Morgan fingerprint density at radius 3 is 2.10 bits per heavy atom. The molecule has 110 valence electrons. The summed E-state index contributed by atoms with van der Waals surface area (Å²) in [7, 11) is -3.65. The van der Waals surface area contributed by atoms with Crippen LogP contribution in [0.2, 0.25) is 0 Å². The van der Waals surface area contributed by atoms with Crippen LogP contribution in [0, 0.1) is 6.92 Å². The summed E-state index contributed by atoms with van der Waals surface area (Å²) in [5.41, 5.74) is 0.319. The van der Waals surface area contributed by atoms with E-state index in [1.54, 1.807) is 32.9 Å². The molecule has 20 heavy (non-hydrogen) atoms. The van der Waals surface area contributed by atoms with E-state index in [0.717, 1.165) is 11.6 Å². The zero-order chi connectivity index (χ0) is 15.6. The predicted octanol–water partition coefficient (Wildman–Crippen LogP) is 3.01. The topological polar surface area (TPSA) is 60.4 Å². The molecule has 4 nitrogen and oxygen atoms in total. The van der Waals surface area contributed by atoms with Crippen molar-refractivity contribution in [1.29, 1.82) is 0 Å². The molecule has 0 unspecified atom stereocenters. The van der Waals surface area contributed by atoms with Gasteiger partial charge in [0.1, 0.15) is 5.60 Å². The van der Waals surface area contributed by atoms with Crippen molar-refractivity contribution in [2.75, 3.05) is 0 Å². The van der Waals surface area contributed by atoms with Gasteiger partial charge in [0, 0.05) is 6.08 Å². The van der Waals surface area contributed by atoms with Gasteiger partial charge in [0.25, 0.3) is 0 Å². The lowest BCUT2D eigenvalue weighted by Crippen LogP contribution is -2.23. The Morgan fingerprint density at radius 1 is 1.15 bits per heavy atom. The molecule has 0 aromatic heterocycles. The van der Waals surface area contributed by atoms with Gasteiger partial charge in [-0.15, -0.1) is 0 Å². The third kappa shape index (κ3) is 4.49. The van der Waals surface area contributed by atoms with Crippen LogP contribution >= 0.6 is 0 Å². The predicted molar refractivity (Wildman–Crippen MR) is 78.0 cm³/mol. The van der Waals surface area contributed by atoms with Gasteiger partial charge in [-0.2, -0.15) is 0 Å². The first-order chi connectivity index (χ1) is 9.02. The number of esters is 1. The van der Waals surface area contributed by atoms with Crippen molar-refractivity contribution in [3.63, 3.8) is 0 Å². The maximum atomic E-state index is 12.3. The average molecular weight is 296 g/mol. The van der Waals surface area contributed by atoms with E-state index in [1.807, 2.05) is 6.92 Å². The number of rotatable bonds is 3. The minimum absolute atomic E-state index is 0.0318. The van der Waals surface area contributed by atoms with E-state index in [0.29, 0.717) is 0 Å². The molecule has 0 fully saturated rings. The van der Waals surface area contributed by atoms with E-state index >= 15 is 0 Å². The van der Waals surface area contributed by atoms with Crippen molar-refractivity contribution < 1.29 is 17.9 Å². The molecule has 0 saturated carbocycles. The van der Waals surface area contributed by atoms with E-state index in [4.69, 9.17) is 4.74 Å². The monoisotopic (exact) mass is 296 g/mol. The molecule has 0 saturated heterocycles. The van der Waals surface area contributed by atoms with Gasteiger partial charge in [0.2, 0.25) is 9.84 Å². The van der Waals surface area contributed by atoms with Crippen molar-refractivity contribution in [3.05, 3.63) is 40.8 Å². The van der Waals surface area contributed by atoms with E-state index in [2.05, 4.69) is 0 Å². The van der Waals surface area contributed by atoms with Crippen LogP contribution in [0.4, 0.5) is 0 Å². The number of carbonyl (C=O) groups is 1. The SMILES string of the molecule is CC(=CC(=O)OC(C)(C)C)S(=O)(=O)c1ccc(C)cc1. The second-order valence-corrected chi connectivity index (χ2v) is 7.73. The van der Waals surface area contributed by atoms with Gasteiger partial charge in [0.15, 0.2) is 0 Å². The fourth-order valence-corrected chi connectivity index (χ4v) is 2.60. The Labute approximate surface area is 120 Å². The van der Waals surface area contributed by atoms with Crippen LogP contribution in [0.25, 0.3) is 0 Å². The normalized spacial score (nSPS) is 13.2. The average Bonchev–Trinajstić information content (AvgIpc) is 2.26. The van der Waals surface area contributed by atoms with E-state index in [9.17, 15) is 13.2 Å². The van der Waals surface area contributed by atoms with Crippen molar-refractivity contribution in [1.82, 2.24) is 0 Å². The van der Waals surface area contributed by atoms with E-state index in [-0.39, 0.29) is 9.80 Å². The number of ether oxygens (including phenoxy) is 1. The molecule has 0 atom stereocenters. The minimum Gasteiger partial charge on any atom is -0.457 e. The summed E-state index contributed by atoms with van der Waals surface area (Å²) < 4.78 is 29.6. The second kappa shape index (κ2) is 5.79. The van der Waals surface area contributed by atoms with Crippen LogP contribution in [0.3, 0.4) is 0 Å². The lowest BCUT2D eigenvalue weighted by atomic mass is 10.2. The lowest BCUT2D eigenvalue weighted by Gasteiger charge is -2.18. The number of benzene rings is 1. The molecule has 0 spiro atoms. The highest BCUT2D eigenvalue weighted by Gasteiger charge is 2.20. The molecule has 0 amide bonds. The Kier molecular flexibility index (Phi) is 4.76. The van der Waals surface area contributed by atoms with Gasteiger partial charge >= 0.3 is 5.97 Å². The largest absolute Gasteiger partial charge is 0.457 e. The van der Waals surface area contributed by atoms with Crippen molar-refractivity contribution >= 4 is 15.8 Å². The number of hydrogen-bond acceptors (Lipinski definition) is 4. The second-order valence-electron chi connectivity index (χ2n) is 5.60. The van der Waals surface area contributed by atoms with E-state index < -0.39 is 21.4 Å². The first-order valence-corrected chi connectivity index (χ1v) is 7.74. The summed E-state index contributed by atoms with van der Waals surface area (Å²) in [4.78, 5) is 11.8. The van der Waals surface area contributed by atoms with Crippen LogP contribution in [0.5, 0.6) is 0 Å². The molecular formula is C15H20O4S. The van der Waals surface area contributed by atoms with Gasteiger partial charge < -0.3 is 4.74 Å². The summed E-state index contributed by atoms with van der Waals surface area (Å²) in [6.45, 7) is 8.44. The smallest absolute Gasteiger partial charge is 0.332 e. The summed E-state index contributed by atoms with van der Waals surface area (Å²) in [5, 5.41) is 0. The lowest BCUT2D eigenvalue weighted by molar-refractivity contribution is -0.148.